The number of nitrogens with one attached hydrogen (secondary N) is 1. The summed E-state index contributed by atoms with van der Waals surface area (Å²) in [7, 11) is 0. The fraction of sp³-hybridized carbons (Fsp3) is 0.0909. The van der Waals surface area contributed by atoms with Crippen molar-refractivity contribution in [1.29, 1.82) is 0 Å². The van der Waals surface area contributed by atoms with Gasteiger partial charge in [-0.25, -0.2) is 4.79 Å². The number of nitrogens with zero attached hydrogens (tertiary/aromatic N) is 1. The van der Waals surface area contributed by atoms with Gasteiger partial charge in [-0.3, -0.25) is 14.9 Å². The third-order valence-electron chi connectivity index (χ3n) is 2.07. The van der Waals surface area contributed by atoms with Crippen LogP contribution in [0.5, 0.6) is 0 Å². The van der Waals surface area contributed by atoms with Crippen LogP contribution in [0.3, 0.4) is 0 Å². The summed E-state index contributed by atoms with van der Waals surface area (Å²) in [5.74, 6) is -1.91. The second-order valence-corrected chi connectivity index (χ2v) is 3.42. The molecule has 0 saturated heterocycles. The maximum absolute atomic E-state index is 11.3. The number of carbonyl (C=O) groups excluding carboxylic acids is 1. The monoisotopic (exact) mass is 250 g/mol. The fourth-order valence-electron chi connectivity index (χ4n) is 1.18. The van der Waals surface area contributed by atoms with Crippen molar-refractivity contribution < 1.29 is 19.6 Å². The van der Waals surface area contributed by atoms with E-state index >= 15 is 0 Å². The number of nitro groups is 1. The molecule has 0 unspecified atom stereocenters. The van der Waals surface area contributed by atoms with Crippen LogP contribution in [-0.4, -0.2) is 21.9 Å². The number of aryl methyl sites for hydroxylation is 1. The van der Waals surface area contributed by atoms with Crippen molar-refractivity contribution in [3.8, 4) is 0 Å². The van der Waals surface area contributed by atoms with E-state index in [1.807, 2.05) is 0 Å². The zero-order chi connectivity index (χ0) is 13.7. The molecule has 0 atom stereocenters. The number of non-ortho nitro benzene ring substituents is 1. The molecule has 1 amide bonds. The van der Waals surface area contributed by atoms with Gasteiger partial charge in [0, 0.05) is 24.3 Å². The van der Waals surface area contributed by atoms with Crippen molar-refractivity contribution in [1.82, 2.24) is 0 Å². The van der Waals surface area contributed by atoms with E-state index < -0.39 is 16.8 Å². The van der Waals surface area contributed by atoms with Gasteiger partial charge in [0.15, 0.2) is 0 Å². The molecule has 7 nitrogen and oxygen atoms in total. The summed E-state index contributed by atoms with van der Waals surface area (Å²) in [6.45, 7) is 1.67. The van der Waals surface area contributed by atoms with Crippen molar-refractivity contribution in [2.75, 3.05) is 5.32 Å². The number of aliphatic carboxylic acids is 1. The smallest absolute Gasteiger partial charge is 0.328 e. The molecule has 0 heterocycles. The van der Waals surface area contributed by atoms with Crippen LogP contribution in [0.25, 0.3) is 0 Å². The van der Waals surface area contributed by atoms with E-state index in [1.165, 1.54) is 18.2 Å². The lowest BCUT2D eigenvalue weighted by molar-refractivity contribution is -0.384. The summed E-state index contributed by atoms with van der Waals surface area (Å²) >= 11 is 0. The van der Waals surface area contributed by atoms with Crippen molar-refractivity contribution in [3.63, 3.8) is 0 Å². The van der Waals surface area contributed by atoms with E-state index in [0.29, 0.717) is 11.6 Å². The summed E-state index contributed by atoms with van der Waals surface area (Å²) in [4.78, 5) is 31.5. The molecule has 1 rings (SSSR count). The highest BCUT2D eigenvalue weighted by Gasteiger charge is 2.09. The van der Waals surface area contributed by atoms with Gasteiger partial charge in [0.25, 0.3) is 5.69 Å². The lowest BCUT2D eigenvalue weighted by Crippen LogP contribution is -2.10. The van der Waals surface area contributed by atoms with E-state index in [4.69, 9.17) is 5.11 Å². The minimum Gasteiger partial charge on any atom is -0.478 e. The van der Waals surface area contributed by atoms with E-state index in [2.05, 4.69) is 5.32 Å². The number of hydrogen-bond donors (Lipinski definition) is 2. The standard InChI is InChI=1S/C11H10N2O5/c1-7-2-3-8(13(17)18)6-9(7)12-10(14)4-5-11(15)16/h2-6H,1H3,(H,12,14)(H,15,16). The topological polar surface area (TPSA) is 110 Å². The molecule has 0 bridgehead atoms. The minimum atomic E-state index is -1.25. The summed E-state index contributed by atoms with van der Waals surface area (Å²) in [5.41, 5.74) is 0.750. The fourth-order valence-corrected chi connectivity index (χ4v) is 1.18. The Hall–Kier alpha value is -2.70. The SMILES string of the molecule is Cc1ccc([N+](=O)[O-])cc1NC(=O)C=CC(=O)O. The predicted octanol–water partition coefficient (Wildman–Crippen LogP) is 1.48. The number of hydrogen-bond acceptors (Lipinski definition) is 4. The van der Waals surface area contributed by atoms with Crippen LogP contribution in [0, 0.1) is 17.0 Å². The lowest BCUT2D eigenvalue weighted by Gasteiger charge is -2.05. The second-order valence-electron chi connectivity index (χ2n) is 3.42. The van der Waals surface area contributed by atoms with Gasteiger partial charge in [-0.05, 0) is 12.5 Å². The number of amides is 1. The maximum atomic E-state index is 11.3. The molecule has 0 radical (unpaired) electrons. The van der Waals surface area contributed by atoms with Crippen LogP contribution in [-0.2, 0) is 9.59 Å². The van der Waals surface area contributed by atoms with Gasteiger partial charge in [-0.15, -0.1) is 0 Å². The number of carboxylic acid groups (broad SMARTS) is 1. The molecule has 0 saturated carbocycles. The van der Waals surface area contributed by atoms with Gasteiger partial charge in [-0.2, -0.15) is 0 Å². The maximum Gasteiger partial charge on any atom is 0.328 e. The molecule has 0 aliphatic rings. The highest BCUT2D eigenvalue weighted by molar-refractivity contribution is 6.02. The largest absolute Gasteiger partial charge is 0.478 e. The third kappa shape index (κ3) is 3.71. The molecule has 1 aromatic carbocycles. The van der Waals surface area contributed by atoms with Crippen molar-refractivity contribution >= 4 is 23.3 Å². The average molecular weight is 250 g/mol. The predicted molar refractivity (Wildman–Crippen MR) is 63.2 cm³/mol. The normalized spacial score (nSPS) is 10.3. The highest BCUT2D eigenvalue weighted by atomic mass is 16.6. The quantitative estimate of drug-likeness (QED) is 0.477. The Balaban J connectivity index is 2.90. The van der Waals surface area contributed by atoms with E-state index in [1.54, 1.807) is 6.92 Å². The first-order valence-electron chi connectivity index (χ1n) is 4.87. The Labute approximate surface area is 102 Å². The zero-order valence-corrected chi connectivity index (χ0v) is 9.41. The Bertz CT molecular complexity index is 536. The summed E-state index contributed by atoms with van der Waals surface area (Å²) in [6.07, 6.45) is 1.52. The molecular weight excluding hydrogens is 240 g/mol. The highest BCUT2D eigenvalue weighted by Crippen LogP contribution is 2.21. The van der Waals surface area contributed by atoms with E-state index in [9.17, 15) is 19.7 Å². The van der Waals surface area contributed by atoms with Crippen LogP contribution >= 0.6 is 0 Å². The molecule has 7 heteroatoms. The van der Waals surface area contributed by atoms with Crippen LogP contribution in [0.1, 0.15) is 5.56 Å². The number of nitro benzene ring substituents is 1. The molecule has 2 N–H and O–H groups in total. The average Bonchev–Trinajstić information content (AvgIpc) is 2.29. The van der Waals surface area contributed by atoms with Crippen LogP contribution in [0.2, 0.25) is 0 Å². The molecule has 94 valence electrons. The van der Waals surface area contributed by atoms with E-state index in [0.717, 1.165) is 6.08 Å². The summed E-state index contributed by atoms with van der Waals surface area (Å²) in [6, 6.07) is 4.02. The van der Waals surface area contributed by atoms with E-state index in [-0.39, 0.29) is 11.4 Å². The molecule has 1 aromatic rings. The van der Waals surface area contributed by atoms with Gasteiger partial charge in [-0.1, -0.05) is 6.07 Å². The zero-order valence-electron chi connectivity index (χ0n) is 9.41. The van der Waals surface area contributed by atoms with Gasteiger partial charge < -0.3 is 10.4 Å². The van der Waals surface area contributed by atoms with Crippen molar-refractivity contribution in [2.45, 2.75) is 6.92 Å². The number of anilines is 1. The number of carbonyl (C=O) groups is 2. The molecule has 0 aliphatic carbocycles. The third-order valence-corrected chi connectivity index (χ3v) is 2.07. The molecular formula is C11H10N2O5. The summed E-state index contributed by atoms with van der Waals surface area (Å²) in [5, 5.41) is 21.3. The first kappa shape index (κ1) is 13.4. The minimum absolute atomic E-state index is 0.155. The van der Waals surface area contributed by atoms with Gasteiger partial charge in [0.2, 0.25) is 5.91 Å². The lowest BCUT2D eigenvalue weighted by atomic mass is 10.2. The number of benzene rings is 1. The second kappa shape index (κ2) is 5.58. The van der Waals surface area contributed by atoms with Crippen LogP contribution in [0.15, 0.2) is 30.4 Å². The Kier molecular flexibility index (Phi) is 4.14. The van der Waals surface area contributed by atoms with Gasteiger partial charge >= 0.3 is 5.97 Å². The van der Waals surface area contributed by atoms with Crippen molar-refractivity contribution in [3.05, 3.63) is 46.0 Å². The molecule has 0 aliphatic heterocycles. The number of rotatable bonds is 4. The molecule has 0 spiro atoms. The number of carboxylic acids is 1. The Morgan fingerprint density at radius 3 is 2.61 bits per heavy atom. The summed E-state index contributed by atoms with van der Waals surface area (Å²) < 4.78 is 0. The Morgan fingerprint density at radius 1 is 1.39 bits per heavy atom. The van der Waals surface area contributed by atoms with Crippen LogP contribution < -0.4 is 5.32 Å². The van der Waals surface area contributed by atoms with Gasteiger partial charge in [0.1, 0.15) is 0 Å². The van der Waals surface area contributed by atoms with Crippen molar-refractivity contribution in [2.24, 2.45) is 0 Å². The molecule has 0 fully saturated rings. The first-order valence-corrected chi connectivity index (χ1v) is 4.87. The first-order chi connectivity index (χ1) is 8.40. The Morgan fingerprint density at radius 2 is 2.06 bits per heavy atom. The van der Waals surface area contributed by atoms with Crippen LogP contribution in [0.4, 0.5) is 11.4 Å². The molecule has 18 heavy (non-hydrogen) atoms. The molecule has 0 aromatic heterocycles. The van der Waals surface area contributed by atoms with Gasteiger partial charge in [0.05, 0.1) is 10.6 Å².